The summed E-state index contributed by atoms with van der Waals surface area (Å²) in [7, 11) is 0. The highest BCUT2D eigenvalue weighted by molar-refractivity contribution is 5.57. The van der Waals surface area contributed by atoms with Crippen molar-refractivity contribution in [3.8, 4) is 0 Å². The first-order valence-electron chi connectivity index (χ1n) is 8.16. The minimum atomic E-state index is 0.0972. The van der Waals surface area contributed by atoms with E-state index < -0.39 is 0 Å². The lowest BCUT2D eigenvalue weighted by molar-refractivity contribution is 0.351. The van der Waals surface area contributed by atoms with Crippen LogP contribution in [0.25, 0.3) is 0 Å². The average Bonchev–Trinajstić information content (AvgIpc) is 2.46. The van der Waals surface area contributed by atoms with Crippen LogP contribution in [0.4, 0.5) is 5.69 Å². The molecule has 0 saturated carbocycles. The smallest absolute Gasteiger partial charge is 0.0496 e. The molecule has 112 valence electrons. The van der Waals surface area contributed by atoms with E-state index in [0.717, 1.165) is 13.1 Å². The Morgan fingerprint density at radius 3 is 2.75 bits per heavy atom. The van der Waals surface area contributed by atoms with Crippen LogP contribution in [0.1, 0.15) is 52.0 Å². The van der Waals surface area contributed by atoms with Crippen molar-refractivity contribution in [1.29, 1.82) is 0 Å². The molecular weight excluding hydrogens is 244 g/mol. The SMILES string of the molecule is CCCCCC(C)(CN)N1CC(C)Cc2ccccc21. The van der Waals surface area contributed by atoms with Gasteiger partial charge in [-0.2, -0.15) is 0 Å². The first-order chi connectivity index (χ1) is 9.60. The Balaban J connectivity index is 2.25. The molecule has 0 saturated heterocycles. The molecule has 0 radical (unpaired) electrons. The topological polar surface area (TPSA) is 29.3 Å². The number of nitrogens with two attached hydrogens (primary N) is 1. The molecule has 0 fully saturated rings. The molecule has 0 bridgehead atoms. The summed E-state index contributed by atoms with van der Waals surface area (Å²) < 4.78 is 0. The Morgan fingerprint density at radius 1 is 1.30 bits per heavy atom. The van der Waals surface area contributed by atoms with Gasteiger partial charge in [0.05, 0.1) is 0 Å². The monoisotopic (exact) mass is 274 g/mol. The van der Waals surface area contributed by atoms with E-state index in [-0.39, 0.29) is 5.54 Å². The minimum Gasteiger partial charge on any atom is -0.364 e. The van der Waals surface area contributed by atoms with Crippen molar-refractivity contribution >= 4 is 5.69 Å². The number of hydrogen-bond acceptors (Lipinski definition) is 2. The van der Waals surface area contributed by atoms with E-state index in [1.165, 1.54) is 43.4 Å². The number of rotatable bonds is 6. The molecule has 1 aromatic rings. The normalized spacial score (nSPS) is 21.4. The number of nitrogens with zero attached hydrogens (tertiary/aromatic N) is 1. The Morgan fingerprint density at radius 2 is 2.05 bits per heavy atom. The second-order valence-corrected chi connectivity index (χ2v) is 6.71. The zero-order valence-electron chi connectivity index (χ0n) is 13.4. The van der Waals surface area contributed by atoms with Crippen LogP contribution in [0, 0.1) is 5.92 Å². The molecule has 2 rings (SSSR count). The Hall–Kier alpha value is -1.02. The van der Waals surface area contributed by atoms with Gasteiger partial charge in [0.1, 0.15) is 0 Å². The summed E-state index contributed by atoms with van der Waals surface area (Å²) in [5.41, 5.74) is 9.18. The van der Waals surface area contributed by atoms with Crippen LogP contribution in [0.5, 0.6) is 0 Å². The molecule has 0 aromatic heterocycles. The van der Waals surface area contributed by atoms with Gasteiger partial charge in [-0.05, 0) is 37.3 Å². The van der Waals surface area contributed by atoms with Crippen LogP contribution in [0.3, 0.4) is 0 Å². The number of hydrogen-bond donors (Lipinski definition) is 1. The van der Waals surface area contributed by atoms with Gasteiger partial charge in [0.25, 0.3) is 0 Å². The number of benzene rings is 1. The highest BCUT2D eigenvalue weighted by Crippen LogP contribution is 2.36. The van der Waals surface area contributed by atoms with Crippen molar-refractivity contribution in [2.24, 2.45) is 11.7 Å². The van der Waals surface area contributed by atoms with Crippen molar-refractivity contribution in [1.82, 2.24) is 0 Å². The maximum absolute atomic E-state index is 6.18. The summed E-state index contributed by atoms with van der Waals surface area (Å²) in [5, 5.41) is 0. The molecule has 0 aliphatic carbocycles. The van der Waals surface area contributed by atoms with Crippen LogP contribution in [-0.4, -0.2) is 18.6 Å². The third-order valence-corrected chi connectivity index (χ3v) is 4.76. The fourth-order valence-corrected chi connectivity index (χ4v) is 3.41. The van der Waals surface area contributed by atoms with Crippen LogP contribution in [0.2, 0.25) is 0 Å². The first-order valence-corrected chi connectivity index (χ1v) is 8.16. The Labute approximate surface area is 124 Å². The van der Waals surface area contributed by atoms with Crippen LogP contribution < -0.4 is 10.6 Å². The number of anilines is 1. The summed E-state index contributed by atoms with van der Waals surface area (Å²) in [6.45, 7) is 8.83. The van der Waals surface area contributed by atoms with Crippen molar-refractivity contribution in [3.63, 3.8) is 0 Å². The predicted octanol–water partition coefficient (Wildman–Crippen LogP) is 3.98. The van der Waals surface area contributed by atoms with Crippen molar-refractivity contribution < 1.29 is 0 Å². The van der Waals surface area contributed by atoms with Gasteiger partial charge < -0.3 is 10.6 Å². The van der Waals surface area contributed by atoms with Crippen molar-refractivity contribution in [2.75, 3.05) is 18.0 Å². The number of fused-ring (bicyclic) bond motifs is 1. The molecule has 1 aromatic carbocycles. The fraction of sp³-hybridized carbons (Fsp3) is 0.667. The van der Waals surface area contributed by atoms with E-state index in [2.05, 4.69) is 49.9 Å². The van der Waals surface area contributed by atoms with E-state index >= 15 is 0 Å². The largest absolute Gasteiger partial charge is 0.364 e. The van der Waals surface area contributed by atoms with E-state index in [0.29, 0.717) is 5.92 Å². The molecule has 20 heavy (non-hydrogen) atoms. The third kappa shape index (κ3) is 3.17. The first kappa shape index (κ1) is 15.4. The molecule has 2 heteroatoms. The van der Waals surface area contributed by atoms with E-state index in [9.17, 15) is 0 Å². The molecule has 2 N–H and O–H groups in total. The molecule has 1 aliphatic heterocycles. The van der Waals surface area contributed by atoms with Crippen LogP contribution in [0.15, 0.2) is 24.3 Å². The van der Waals surface area contributed by atoms with Crippen LogP contribution in [-0.2, 0) is 6.42 Å². The summed E-state index contributed by atoms with van der Waals surface area (Å²) in [6, 6.07) is 8.87. The number of para-hydroxylation sites is 1. The summed E-state index contributed by atoms with van der Waals surface area (Å²) >= 11 is 0. The highest BCUT2D eigenvalue weighted by atomic mass is 15.2. The summed E-state index contributed by atoms with van der Waals surface area (Å²) in [5.74, 6) is 0.710. The zero-order valence-corrected chi connectivity index (χ0v) is 13.4. The summed E-state index contributed by atoms with van der Waals surface area (Å²) in [6.07, 6.45) is 6.24. The van der Waals surface area contributed by atoms with Gasteiger partial charge >= 0.3 is 0 Å². The Kier molecular flexibility index (Phi) is 5.09. The second kappa shape index (κ2) is 6.62. The number of unbranched alkanes of at least 4 members (excludes halogenated alkanes) is 2. The lowest BCUT2D eigenvalue weighted by atomic mass is 9.85. The maximum atomic E-state index is 6.18. The van der Waals surface area contributed by atoms with Crippen LogP contribution >= 0.6 is 0 Å². The molecule has 1 aliphatic rings. The van der Waals surface area contributed by atoms with E-state index in [4.69, 9.17) is 5.73 Å². The molecule has 2 nitrogen and oxygen atoms in total. The van der Waals surface area contributed by atoms with Crippen molar-refractivity contribution in [3.05, 3.63) is 29.8 Å². The zero-order chi connectivity index (χ0) is 14.6. The molecule has 2 unspecified atom stereocenters. The van der Waals surface area contributed by atoms with Gasteiger partial charge in [0.2, 0.25) is 0 Å². The molecule has 0 spiro atoms. The van der Waals surface area contributed by atoms with Gasteiger partial charge in [0.15, 0.2) is 0 Å². The third-order valence-electron chi connectivity index (χ3n) is 4.76. The quantitative estimate of drug-likeness (QED) is 0.795. The maximum Gasteiger partial charge on any atom is 0.0496 e. The minimum absolute atomic E-state index is 0.0972. The van der Waals surface area contributed by atoms with E-state index in [1.807, 2.05) is 0 Å². The van der Waals surface area contributed by atoms with E-state index in [1.54, 1.807) is 0 Å². The van der Waals surface area contributed by atoms with Gasteiger partial charge in [-0.25, -0.2) is 0 Å². The van der Waals surface area contributed by atoms with Crippen molar-refractivity contribution in [2.45, 2.75) is 58.4 Å². The lowest BCUT2D eigenvalue weighted by Crippen LogP contribution is -2.55. The van der Waals surface area contributed by atoms with Gasteiger partial charge in [-0.1, -0.05) is 51.3 Å². The molecule has 0 amide bonds. The van der Waals surface area contributed by atoms with Gasteiger partial charge in [-0.3, -0.25) is 0 Å². The standard InChI is InChI=1S/C18H30N2/c1-4-5-8-11-18(3,14-19)20-13-15(2)12-16-9-6-7-10-17(16)20/h6-7,9-10,15H,4-5,8,11-14,19H2,1-3H3. The van der Waals surface area contributed by atoms with Gasteiger partial charge in [0, 0.05) is 24.3 Å². The molecule has 2 atom stereocenters. The Bertz CT molecular complexity index is 429. The highest BCUT2D eigenvalue weighted by Gasteiger charge is 2.34. The lowest BCUT2D eigenvalue weighted by Gasteiger charge is -2.47. The second-order valence-electron chi connectivity index (χ2n) is 6.71. The van der Waals surface area contributed by atoms with Gasteiger partial charge in [-0.15, -0.1) is 0 Å². The fourth-order valence-electron chi connectivity index (χ4n) is 3.41. The molecular formula is C18H30N2. The molecule has 1 heterocycles. The average molecular weight is 274 g/mol. The summed E-state index contributed by atoms with van der Waals surface area (Å²) in [4.78, 5) is 2.59. The predicted molar refractivity (Wildman–Crippen MR) is 88.3 cm³/mol.